The van der Waals surface area contributed by atoms with E-state index in [2.05, 4.69) is 30.3 Å². The summed E-state index contributed by atoms with van der Waals surface area (Å²) in [6.45, 7) is 7.87. The monoisotopic (exact) mass is 564 g/mol. The summed E-state index contributed by atoms with van der Waals surface area (Å²) in [4.78, 5) is 28.5. The summed E-state index contributed by atoms with van der Waals surface area (Å²) in [5, 5.41) is 15.2. The van der Waals surface area contributed by atoms with Crippen molar-refractivity contribution in [3.63, 3.8) is 0 Å². The van der Waals surface area contributed by atoms with E-state index in [1.165, 1.54) is 12.1 Å². The molecule has 0 amide bonds. The lowest BCUT2D eigenvalue weighted by atomic mass is 10.2. The molecule has 2 aromatic carbocycles. The van der Waals surface area contributed by atoms with Gasteiger partial charge in [-0.25, -0.2) is 5.43 Å². The minimum atomic E-state index is -0.431. The maximum Gasteiger partial charge on any atom is 0.269 e. The number of benzene rings is 2. The van der Waals surface area contributed by atoms with Crippen LogP contribution in [0.2, 0.25) is 0 Å². The van der Waals surface area contributed by atoms with Crippen molar-refractivity contribution >= 4 is 29.7 Å². The van der Waals surface area contributed by atoms with Gasteiger partial charge in [-0.05, 0) is 48.4 Å². The first kappa shape index (κ1) is 28.0. The zero-order valence-corrected chi connectivity index (χ0v) is 22.8. The average molecular weight is 565 g/mol. The number of nitro groups is 1. The molecule has 5 rings (SSSR count). The van der Waals surface area contributed by atoms with Gasteiger partial charge in [-0.1, -0.05) is 0 Å². The first-order chi connectivity index (χ1) is 20.1. The number of nitro benzene ring substituents is 1. The Morgan fingerprint density at radius 3 is 2.15 bits per heavy atom. The van der Waals surface area contributed by atoms with E-state index in [9.17, 15) is 10.1 Å². The number of nitrogens with one attached hydrogen (secondary N) is 1. The standard InChI is InChI=1S/C27H32N8O6/c1-2-40-24-17-21(5-8-23(24)41-19-20-3-6-22(7-4-20)35(36)37)18-28-32-25-29-26(33-9-13-38-14-10-33)31-27(30-25)34-11-15-39-16-12-34/h3-8,17-18H,2,9-16,19H2,1H3,(H,29,30,31,32). The molecule has 2 saturated heterocycles. The van der Waals surface area contributed by atoms with Crippen molar-refractivity contribution in [2.24, 2.45) is 5.10 Å². The smallest absolute Gasteiger partial charge is 0.269 e. The number of aromatic nitrogens is 3. The van der Waals surface area contributed by atoms with Crippen molar-refractivity contribution in [2.45, 2.75) is 13.5 Å². The van der Waals surface area contributed by atoms with Crippen LogP contribution in [0.15, 0.2) is 47.6 Å². The van der Waals surface area contributed by atoms with Gasteiger partial charge in [0.05, 0.1) is 44.2 Å². The molecule has 14 nitrogen and oxygen atoms in total. The van der Waals surface area contributed by atoms with Crippen molar-refractivity contribution in [3.8, 4) is 11.5 Å². The van der Waals surface area contributed by atoms with Crippen molar-refractivity contribution < 1.29 is 23.9 Å². The van der Waals surface area contributed by atoms with Crippen molar-refractivity contribution in [1.29, 1.82) is 0 Å². The first-order valence-electron chi connectivity index (χ1n) is 13.4. The van der Waals surface area contributed by atoms with E-state index in [-0.39, 0.29) is 12.3 Å². The molecule has 2 aliphatic heterocycles. The Labute approximate surface area is 237 Å². The van der Waals surface area contributed by atoms with Gasteiger partial charge in [0, 0.05) is 38.3 Å². The van der Waals surface area contributed by atoms with Gasteiger partial charge in [-0.15, -0.1) is 0 Å². The van der Waals surface area contributed by atoms with Gasteiger partial charge in [0.2, 0.25) is 17.8 Å². The number of anilines is 3. The number of hydrogen-bond acceptors (Lipinski definition) is 13. The van der Waals surface area contributed by atoms with E-state index < -0.39 is 4.92 Å². The van der Waals surface area contributed by atoms with Crippen molar-refractivity contribution in [3.05, 3.63) is 63.7 Å². The summed E-state index contributed by atoms with van der Waals surface area (Å²) < 4.78 is 22.7. The number of non-ortho nitro benzene ring substituents is 1. The molecule has 1 N–H and O–H groups in total. The van der Waals surface area contributed by atoms with Crippen LogP contribution >= 0.6 is 0 Å². The predicted molar refractivity (Wildman–Crippen MR) is 152 cm³/mol. The SMILES string of the molecule is CCOc1cc(C=NNc2nc(N3CCOCC3)nc(N3CCOCC3)n2)ccc1OCc1ccc([N+](=O)[O-])cc1. The molecule has 2 fully saturated rings. The molecule has 0 atom stereocenters. The number of hydrogen-bond donors (Lipinski definition) is 1. The van der Waals surface area contributed by atoms with E-state index in [1.807, 2.05) is 19.1 Å². The quantitative estimate of drug-likeness (QED) is 0.207. The molecule has 3 aromatic rings. The fraction of sp³-hybridized carbons (Fsp3) is 0.407. The van der Waals surface area contributed by atoms with Gasteiger partial charge in [-0.3, -0.25) is 10.1 Å². The zero-order chi connectivity index (χ0) is 28.4. The molecule has 216 valence electrons. The lowest BCUT2D eigenvalue weighted by Crippen LogP contribution is -2.40. The molecule has 0 unspecified atom stereocenters. The Morgan fingerprint density at radius 1 is 0.927 bits per heavy atom. The van der Waals surface area contributed by atoms with Gasteiger partial charge in [-0.2, -0.15) is 20.1 Å². The van der Waals surface area contributed by atoms with Crippen LogP contribution in [0.5, 0.6) is 11.5 Å². The fourth-order valence-electron chi connectivity index (χ4n) is 4.25. The Balaban J connectivity index is 1.28. The molecule has 0 spiro atoms. The summed E-state index contributed by atoms with van der Waals surface area (Å²) in [5.74, 6) is 2.61. The molecule has 0 radical (unpaired) electrons. The molecule has 0 aliphatic carbocycles. The van der Waals surface area contributed by atoms with Crippen LogP contribution in [-0.4, -0.2) is 85.3 Å². The molecular formula is C27H32N8O6. The topological polar surface area (TPSA) is 150 Å². The van der Waals surface area contributed by atoms with Crippen LogP contribution in [0.4, 0.5) is 23.5 Å². The van der Waals surface area contributed by atoms with Crippen LogP contribution in [0.3, 0.4) is 0 Å². The molecule has 3 heterocycles. The van der Waals surface area contributed by atoms with E-state index in [0.717, 1.165) is 11.1 Å². The Hall–Kier alpha value is -4.56. The third-order valence-electron chi connectivity index (χ3n) is 6.39. The lowest BCUT2D eigenvalue weighted by molar-refractivity contribution is -0.384. The number of nitrogens with zero attached hydrogens (tertiary/aromatic N) is 7. The summed E-state index contributed by atoms with van der Waals surface area (Å²) in [7, 11) is 0. The highest BCUT2D eigenvalue weighted by atomic mass is 16.6. The van der Waals surface area contributed by atoms with Gasteiger partial charge in [0.1, 0.15) is 6.61 Å². The first-order valence-corrected chi connectivity index (χ1v) is 13.4. The van der Waals surface area contributed by atoms with Gasteiger partial charge >= 0.3 is 0 Å². The number of morpholine rings is 2. The molecule has 2 aliphatic rings. The summed E-state index contributed by atoms with van der Waals surface area (Å²) in [5.41, 5.74) is 4.56. The third kappa shape index (κ3) is 7.55. The summed E-state index contributed by atoms with van der Waals surface area (Å²) >= 11 is 0. The average Bonchev–Trinajstić information content (AvgIpc) is 3.02. The normalized spacial score (nSPS) is 15.6. The minimum absolute atomic E-state index is 0.0350. The molecule has 1 aromatic heterocycles. The summed E-state index contributed by atoms with van der Waals surface area (Å²) in [6.07, 6.45) is 1.65. The molecule has 0 bridgehead atoms. The third-order valence-corrected chi connectivity index (χ3v) is 6.39. The maximum atomic E-state index is 10.9. The number of hydrazone groups is 1. The Kier molecular flexibility index (Phi) is 9.34. The number of rotatable bonds is 11. The molecule has 41 heavy (non-hydrogen) atoms. The second kappa shape index (κ2) is 13.7. The van der Waals surface area contributed by atoms with E-state index >= 15 is 0 Å². The highest BCUT2D eigenvalue weighted by Crippen LogP contribution is 2.29. The number of ether oxygens (including phenoxy) is 4. The van der Waals surface area contributed by atoms with Gasteiger partial charge in [0.25, 0.3) is 5.69 Å². The van der Waals surface area contributed by atoms with Crippen molar-refractivity contribution in [1.82, 2.24) is 15.0 Å². The Morgan fingerprint density at radius 2 is 1.56 bits per heavy atom. The largest absolute Gasteiger partial charge is 0.490 e. The van der Waals surface area contributed by atoms with E-state index in [1.54, 1.807) is 24.4 Å². The minimum Gasteiger partial charge on any atom is -0.490 e. The summed E-state index contributed by atoms with van der Waals surface area (Å²) in [6, 6.07) is 11.7. The second-order valence-electron chi connectivity index (χ2n) is 9.18. The van der Waals surface area contributed by atoms with E-state index in [4.69, 9.17) is 23.9 Å². The van der Waals surface area contributed by atoms with Crippen LogP contribution in [-0.2, 0) is 16.1 Å². The van der Waals surface area contributed by atoms with Crippen LogP contribution in [0.1, 0.15) is 18.1 Å². The second-order valence-corrected chi connectivity index (χ2v) is 9.18. The zero-order valence-electron chi connectivity index (χ0n) is 22.8. The molecular weight excluding hydrogens is 532 g/mol. The van der Waals surface area contributed by atoms with Crippen LogP contribution in [0, 0.1) is 10.1 Å². The highest BCUT2D eigenvalue weighted by Gasteiger charge is 2.20. The van der Waals surface area contributed by atoms with Crippen LogP contribution in [0.25, 0.3) is 0 Å². The van der Waals surface area contributed by atoms with Crippen molar-refractivity contribution in [2.75, 3.05) is 74.4 Å². The van der Waals surface area contributed by atoms with E-state index in [0.29, 0.717) is 88.6 Å². The fourth-order valence-corrected chi connectivity index (χ4v) is 4.25. The predicted octanol–water partition coefficient (Wildman–Crippen LogP) is 2.88. The highest BCUT2D eigenvalue weighted by molar-refractivity contribution is 5.81. The van der Waals surface area contributed by atoms with Gasteiger partial charge < -0.3 is 28.7 Å². The Bertz CT molecular complexity index is 1310. The molecule has 14 heteroatoms. The lowest BCUT2D eigenvalue weighted by Gasteiger charge is -2.30. The molecule has 0 saturated carbocycles. The van der Waals surface area contributed by atoms with Gasteiger partial charge in [0.15, 0.2) is 11.5 Å². The van der Waals surface area contributed by atoms with Crippen LogP contribution < -0.4 is 24.7 Å². The maximum absolute atomic E-state index is 10.9.